The van der Waals surface area contributed by atoms with Gasteiger partial charge in [-0.3, -0.25) is 0 Å². The standard InChI is InChI=1S/C16H22N4/c1-4-5-14-15(17)18-10-19-16(14)20-12(3)13-8-6-11(2)7-9-13/h6-10,12H,4-5H2,1-3H3,(H3,17,18,19,20). The summed E-state index contributed by atoms with van der Waals surface area (Å²) in [5, 5.41) is 3.44. The van der Waals surface area contributed by atoms with E-state index in [1.165, 1.54) is 17.5 Å². The van der Waals surface area contributed by atoms with Crippen LogP contribution >= 0.6 is 0 Å². The summed E-state index contributed by atoms with van der Waals surface area (Å²) in [5.74, 6) is 1.41. The van der Waals surface area contributed by atoms with Gasteiger partial charge in [-0.2, -0.15) is 0 Å². The molecule has 0 bridgehead atoms. The van der Waals surface area contributed by atoms with Crippen molar-refractivity contribution in [3.05, 3.63) is 47.3 Å². The summed E-state index contributed by atoms with van der Waals surface area (Å²) in [6.45, 7) is 6.34. The number of nitrogen functional groups attached to an aromatic ring is 1. The van der Waals surface area contributed by atoms with Crippen molar-refractivity contribution in [3.8, 4) is 0 Å². The molecule has 3 N–H and O–H groups in total. The number of nitrogens with two attached hydrogens (primary N) is 1. The molecule has 0 saturated carbocycles. The van der Waals surface area contributed by atoms with Crippen LogP contribution in [0.1, 0.15) is 43.0 Å². The van der Waals surface area contributed by atoms with Gasteiger partial charge in [0.15, 0.2) is 0 Å². The van der Waals surface area contributed by atoms with Gasteiger partial charge in [0.2, 0.25) is 0 Å². The van der Waals surface area contributed by atoms with E-state index in [1.807, 2.05) is 0 Å². The van der Waals surface area contributed by atoms with Gasteiger partial charge in [0.1, 0.15) is 18.0 Å². The molecule has 1 unspecified atom stereocenters. The Morgan fingerprint density at radius 1 is 1.20 bits per heavy atom. The Bertz CT molecular complexity index is 563. The quantitative estimate of drug-likeness (QED) is 0.873. The number of benzene rings is 1. The minimum Gasteiger partial charge on any atom is -0.383 e. The first-order chi connectivity index (χ1) is 9.61. The van der Waals surface area contributed by atoms with Crippen molar-refractivity contribution >= 4 is 11.6 Å². The Balaban J connectivity index is 2.21. The lowest BCUT2D eigenvalue weighted by molar-refractivity contribution is 0.848. The second kappa shape index (κ2) is 6.37. The van der Waals surface area contributed by atoms with Crippen LogP contribution in [0.3, 0.4) is 0 Å². The molecule has 0 aliphatic heterocycles. The number of aromatic nitrogens is 2. The molecule has 2 rings (SSSR count). The zero-order valence-electron chi connectivity index (χ0n) is 12.4. The third-order valence-electron chi connectivity index (χ3n) is 3.41. The van der Waals surface area contributed by atoms with Crippen molar-refractivity contribution in [2.45, 2.75) is 39.7 Å². The van der Waals surface area contributed by atoms with E-state index in [1.54, 1.807) is 0 Å². The normalized spacial score (nSPS) is 12.2. The summed E-state index contributed by atoms with van der Waals surface area (Å²) in [4.78, 5) is 8.42. The topological polar surface area (TPSA) is 63.8 Å². The van der Waals surface area contributed by atoms with E-state index >= 15 is 0 Å². The van der Waals surface area contributed by atoms with Crippen LogP contribution < -0.4 is 11.1 Å². The number of rotatable bonds is 5. The van der Waals surface area contributed by atoms with Crippen LogP contribution in [-0.2, 0) is 6.42 Å². The lowest BCUT2D eigenvalue weighted by Crippen LogP contribution is -2.12. The smallest absolute Gasteiger partial charge is 0.135 e. The van der Waals surface area contributed by atoms with Crippen molar-refractivity contribution in [2.75, 3.05) is 11.1 Å². The van der Waals surface area contributed by atoms with Crippen LogP contribution in [0.2, 0.25) is 0 Å². The molecular weight excluding hydrogens is 248 g/mol. The maximum atomic E-state index is 5.95. The van der Waals surface area contributed by atoms with Gasteiger partial charge < -0.3 is 11.1 Å². The fraction of sp³-hybridized carbons (Fsp3) is 0.375. The number of hydrogen-bond acceptors (Lipinski definition) is 4. The predicted molar refractivity (Wildman–Crippen MR) is 83.7 cm³/mol. The molecule has 0 fully saturated rings. The second-order valence-electron chi connectivity index (χ2n) is 5.11. The van der Waals surface area contributed by atoms with Crippen LogP contribution in [0.4, 0.5) is 11.6 Å². The molecule has 20 heavy (non-hydrogen) atoms. The lowest BCUT2D eigenvalue weighted by atomic mass is 10.1. The molecule has 0 aliphatic carbocycles. The number of hydrogen-bond donors (Lipinski definition) is 2. The number of nitrogens with one attached hydrogen (secondary N) is 1. The molecule has 0 spiro atoms. The summed E-state index contributed by atoms with van der Waals surface area (Å²) < 4.78 is 0. The van der Waals surface area contributed by atoms with Crippen molar-refractivity contribution < 1.29 is 0 Å². The minimum atomic E-state index is 0.181. The van der Waals surface area contributed by atoms with E-state index in [9.17, 15) is 0 Å². The van der Waals surface area contributed by atoms with E-state index in [-0.39, 0.29) is 6.04 Å². The molecule has 1 atom stereocenters. The van der Waals surface area contributed by atoms with Crippen LogP contribution in [0.15, 0.2) is 30.6 Å². The summed E-state index contributed by atoms with van der Waals surface area (Å²) >= 11 is 0. The van der Waals surface area contributed by atoms with Crippen molar-refractivity contribution in [2.24, 2.45) is 0 Å². The Kier molecular flexibility index (Phi) is 4.56. The van der Waals surface area contributed by atoms with Gasteiger partial charge in [-0.25, -0.2) is 9.97 Å². The zero-order valence-corrected chi connectivity index (χ0v) is 12.4. The van der Waals surface area contributed by atoms with E-state index < -0.39 is 0 Å². The molecule has 1 aromatic carbocycles. The van der Waals surface area contributed by atoms with Gasteiger partial charge in [0.05, 0.1) is 0 Å². The molecule has 4 nitrogen and oxygen atoms in total. The zero-order chi connectivity index (χ0) is 14.5. The highest BCUT2D eigenvalue weighted by molar-refractivity contribution is 5.55. The number of aryl methyl sites for hydroxylation is 1. The Hall–Kier alpha value is -2.10. The van der Waals surface area contributed by atoms with Gasteiger partial charge in [0, 0.05) is 11.6 Å². The predicted octanol–water partition coefficient (Wildman–Crippen LogP) is 3.49. The van der Waals surface area contributed by atoms with Crippen molar-refractivity contribution in [3.63, 3.8) is 0 Å². The highest BCUT2D eigenvalue weighted by Gasteiger charge is 2.12. The molecule has 1 aromatic heterocycles. The molecule has 4 heteroatoms. The maximum Gasteiger partial charge on any atom is 0.135 e. The fourth-order valence-corrected chi connectivity index (χ4v) is 2.19. The Labute approximate surface area is 120 Å². The minimum absolute atomic E-state index is 0.181. The third kappa shape index (κ3) is 3.26. The first kappa shape index (κ1) is 14.3. The Morgan fingerprint density at radius 2 is 1.90 bits per heavy atom. The first-order valence-electron chi connectivity index (χ1n) is 7.04. The first-order valence-corrected chi connectivity index (χ1v) is 7.04. The molecule has 0 saturated heterocycles. The molecule has 0 radical (unpaired) electrons. The van der Waals surface area contributed by atoms with E-state index in [0.29, 0.717) is 5.82 Å². The molecular formula is C16H22N4. The average Bonchev–Trinajstić information content (AvgIpc) is 2.43. The van der Waals surface area contributed by atoms with Crippen molar-refractivity contribution in [1.29, 1.82) is 0 Å². The number of nitrogens with zero attached hydrogens (tertiary/aromatic N) is 2. The molecule has 0 aliphatic rings. The average molecular weight is 270 g/mol. The van der Waals surface area contributed by atoms with Gasteiger partial charge in [-0.05, 0) is 25.8 Å². The van der Waals surface area contributed by atoms with Gasteiger partial charge in [0.25, 0.3) is 0 Å². The SMILES string of the molecule is CCCc1c(N)ncnc1NC(C)c1ccc(C)cc1. The highest BCUT2D eigenvalue weighted by atomic mass is 15.1. The monoisotopic (exact) mass is 270 g/mol. The highest BCUT2D eigenvalue weighted by Crippen LogP contribution is 2.24. The number of anilines is 2. The fourth-order valence-electron chi connectivity index (χ4n) is 2.19. The van der Waals surface area contributed by atoms with Gasteiger partial charge in [-0.1, -0.05) is 43.2 Å². The van der Waals surface area contributed by atoms with Gasteiger partial charge in [-0.15, -0.1) is 0 Å². The van der Waals surface area contributed by atoms with Crippen molar-refractivity contribution in [1.82, 2.24) is 9.97 Å². The molecule has 2 aromatic rings. The van der Waals surface area contributed by atoms with Crippen LogP contribution in [-0.4, -0.2) is 9.97 Å². The molecule has 1 heterocycles. The Morgan fingerprint density at radius 3 is 2.55 bits per heavy atom. The summed E-state index contributed by atoms with van der Waals surface area (Å²) in [5.41, 5.74) is 9.45. The summed E-state index contributed by atoms with van der Waals surface area (Å²) in [6, 6.07) is 8.69. The van der Waals surface area contributed by atoms with Gasteiger partial charge >= 0.3 is 0 Å². The largest absolute Gasteiger partial charge is 0.383 e. The summed E-state index contributed by atoms with van der Waals surface area (Å²) in [6.07, 6.45) is 3.42. The van der Waals surface area contributed by atoms with Crippen LogP contribution in [0.5, 0.6) is 0 Å². The van der Waals surface area contributed by atoms with Crippen LogP contribution in [0, 0.1) is 6.92 Å². The second-order valence-corrected chi connectivity index (χ2v) is 5.11. The van der Waals surface area contributed by atoms with Crippen LogP contribution in [0.25, 0.3) is 0 Å². The summed E-state index contributed by atoms with van der Waals surface area (Å²) in [7, 11) is 0. The maximum absolute atomic E-state index is 5.95. The molecule has 0 amide bonds. The third-order valence-corrected chi connectivity index (χ3v) is 3.41. The van der Waals surface area contributed by atoms with E-state index in [2.05, 4.69) is 60.3 Å². The lowest BCUT2D eigenvalue weighted by Gasteiger charge is -2.18. The van der Waals surface area contributed by atoms with E-state index in [0.717, 1.165) is 24.2 Å². The van der Waals surface area contributed by atoms with E-state index in [4.69, 9.17) is 5.73 Å². The molecule has 106 valence electrons.